The van der Waals surface area contributed by atoms with E-state index in [-0.39, 0.29) is 28.8 Å². The van der Waals surface area contributed by atoms with Crippen LogP contribution in [0.1, 0.15) is 46.0 Å². The maximum atomic E-state index is 12.2. The normalized spacial score (nSPS) is 15.0. The molecule has 1 saturated carbocycles. The smallest absolute Gasteiger partial charge is 0.229 e. The number of carbonyl (C=O) groups is 2. The molecule has 2 rings (SSSR count). The Morgan fingerprint density at radius 3 is 2.33 bits per heavy atom. The van der Waals surface area contributed by atoms with Crippen LogP contribution in [-0.2, 0) is 9.59 Å². The monoisotopic (exact) mass is 347 g/mol. The van der Waals surface area contributed by atoms with E-state index in [4.69, 9.17) is 12.2 Å². The summed E-state index contributed by atoms with van der Waals surface area (Å²) in [5.74, 6) is -0.0653. The van der Waals surface area contributed by atoms with Gasteiger partial charge in [0.25, 0.3) is 0 Å². The van der Waals surface area contributed by atoms with Crippen molar-refractivity contribution < 1.29 is 9.59 Å². The molecular weight excluding hydrogens is 322 g/mol. The first kappa shape index (κ1) is 18.4. The van der Waals surface area contributed by atoms with E-state index >= 15 is 0 Å². The highest BCUT2D eigenvalue weighted by atomic mass is 32.1. The molecule has 0 radical (unpaired) electrons. The van der Waals surface area contributed by atoms with Gasteiger partial charge in [0.2, 0.25) is 11.8 Å². The number of hydrogen-bond donors (Lipinski definition) is 3. The molecule has 0 unspecified atom stereocenters. The molecule has 5 nitrogen and oxygen atoms in total. The van der Waals surface area contributed by atoms with Crippen molar-refractivity contribution in [3.63, 3.8) is 0 Å². The van der Waals surface area contributed by atoms with Gasteiger partial charge in [-0.15, -0.1) is 0 Å². The molecule has 0 atom stereocenters. The van der Waals surface area contributed by atoms with Gasteiger partial charge in [-0.05, 0) is 43.3 Å². The Labute approximate surface area is 148 Å². The summed E-state index contributed by atoms with van der Waals surface area (Å²) in [6.07, 6.45) is 5.30. The van der Waals surface area contributed by atoms with Crippen molar-refractivity contribution in [3.8, 4) is 0 Å². The summed E-state index contributed by atoms with van der Waals surface area (Å²) < 4.78 is 0. The number of benzene rings is 1. The number of hydrogen-bond acceptors (Lipinski definition) is 3. The summed E-state index contributed by atoms with van der Waals surface area (Å²) in [6, 6.07) is 7.27. The first-order valence-corrected chi connectivity index (χ1v) is 8.89. The Morgan fingerprint density at radius 1 is 1.08 bits per heavy atom. The van der Waals surface area contributed by atoms with Crippen molar-refractivity contribution >= 4 is 40.5 Å². The zero-order chi connectivity index (χ0) is 17.5. The topological polar surface area (TPSA) is 70.2 Å². The molecule has 1 aromatic carbocycles. The SMILES string of the molecule is CC(C)C(=O)Nc1cccc(NC(=S)NC(=O)C2CCCCC2)c1. The lowest BCUT2D eigenvalue weighted by atomic mass is 9.89. The largest absolute Gasteiger partial charge is 0.332 e. The summed E-state index contributed by atoms with van der Waals surface area (Å²) >= 11 is 5.22. The van der Waals surface area contributed by atoms with Crippen molar-refractivity contribution in [2.24, 2.45) is 11.8 Å². The number of carbonyl (C=O) groups excluding carboxylic acids is 2. The second-order valence-corrected chi connectivity index (χ2v) is 6.91. The molecule has 0 heterocycles. The summed E-state index contributed by atoms with van der Waals surface area (Å²) in [5.41, 5.74) is 1.42. The Balaban J connectivity index is 1.89. The highest BCUT2D eigenvalue weighted by Gasteiger charge is 2.21. The molecule has 0 saturated heterocycles. The molecule has 1 aliphatic carbocycles. The highest BCUT2D eigenvalue weighted by molar-refractivity contribution is 7.80. The minimum absolute atomic E-state index is 0.00327. The van der Waals surface area contributed by atoms with E-state index in [1.54, 1.807) is 6.07 Å². The molecular formula is C18H25N3O2S. The average molecular weight is 347 g/mol. The Morgan fingerprint density at radius 2 is 1.71 bits per heavy atom. The molecule has 6 heteroatoms. The van der Waals surface area contributed by atoms with Crippen molar-refractivity contribution in [2.75, 3.05) is 10.6 Å². The predicted molar refractivity (Wildman–Crippen MR) is 101 cm³/mol. The van der Waals surface area contributed by atoms with Gasteiger partial charge in [-0.2, -0.15) is 0 Å². The molecule has 1 aliphatic rings. The van der Waals surface area contributed by atoms with E-state index in [2.05, 4.69) is 16.0 Å². The molecule has 0 spiro atoms. The van der Waals surface area contributed by atoms with Crippen LogP contribution >= 0.6 is 12.2 Å². The third-order valence-electron chi connectivity index (χ3n) is 4.13. The molecule has 1 fully saturated rings. The predicted octanol–water partition coefficient (Wildman–Crippen LogP) is 3.67. The van der Waals surface area contributed by atoms with Crippen molar-refractivity contribution in [3.05, 3.63) is 24.3 Å². The summed E-state index contributed by atoms with van der Waals surface area (Å²) in [5, 5.41) is 8.90. The van der Waals surface area contributed by atoms with E-state index in [9.17, 15) is 9.59 Å². The van der Waals surface area contributed by atoms with Gasteiger partial charge in [-0.3, -0.25) is 9.59 Å². The minimum Gasteiger partial charge on any atom is -0.332 e. The number of nitrogens with one attached hydrogen (secondary N) is 3. The van der Waals surface area contributed by atoms with Crippen molar-refractivity contribution in [1.29, 1.82) is 0 Å². The number of amides is 2. The third-order valence-corrected chi connectivity index (χ3v) is 4.33. The van der Waals surface area contributed by atoms with Gasteiger partial charge in [-0.25, -0.2) is 0 Å². The van der Waals surface area contributed by atoms with Crippen LogP contribution in [0.5, 0.6) is 0 Å². The van der Waals surface area contributed by atoms with E-state index < -0.39 is 0 Å². The van der Waals surface area contributed by atoms with Gasteiger partial charge >= 0.3 is 0 Å². The molecule has 0 aliphatic heterocycles. The molecule has 1 aromatic rings. The first-order chi connectivity index (χ1) is 11.5. The Hall–Kier alpha value is -1.95. The van der Waals surface area contributed by atoms with Crippen LogP contribution in [0.2, 0.25) is 0 Å². The molecule has 2 amide bonds. The minimum atomic E-state index is -0.0857. The van der Waals surface area contributed by atoms with Gasteiger partial charge < -0.3 is 16.0 Å². The van der Waals surface area contributed by atoms with Crippen LogP contribution < -0.4 is 16.0 Å². The quantitative estimate of drug-likeness (QED) is 0.727. The van der Waals surface area contributed by atoms with Crippen LogP contribution in [0.3, 0.4) is 0 Å². The second kappa shape index (κ2) is 8.78. The van der Waals surface area contributed by atoms with E-state index in [0.717, 1.165) is 31.4 Å². The lowest BCUT2D eigenvalue weighted by Crippen LogP contribution is -2.39. The van der Waals surface area contributed by atoms with E-state index in [1.165, 1.54) is 6.42 Å². The van der Waals surface area contributed by atoms with Gasteiger partial charge in [0.1, 0.15) is 0 Å². The molecule has 24 heavy (non-hydrogen) atoms. The van der Waals surface area contributed by atoms with Gasteiger partial charge in [0.15, 0.2) is 5.11 Å². The maximum Gasteiger partial charge on any atom is 0.229 e. The molecule has 0 bridgehead atoms. The standard InChI is InChI=1S/C18H25N3O2S/c1-12(2)16(22)19-14-9-6-10-15(11-14)20-18(24)21-17(23)13-7-4-3-5-8-13/h6,9-13H,3-5,7-8H2,1-2H3,(H,19,22)(H2,20,21,23,24). The summed E-state index contributed by atoms with van der Waals surface area (Å²) in [4.78, 5) is 23.9. The van der Waals surface area contributed by atoms with Crippen molar-refractivity contribution in [1.82, 2.24) is 5.32 Å². The van der Waals surface area contributed by atoms with Crippen LogP contribution in [0.15, 0.2) is 24.3 Å². The fraction of sp³-hybridized carbons (Fsp3) is 0.500. The van der Waals surface area contributed by atoms with Crippen LogP contribution in [0, 0.1) is 11.8 Å². The molecule has 3 N–H and O–H groups in total. The number of thiocarbonyl (C=S) groups is 1. The van der Waals surface area contributed by atoms with Gasteiger partial charge in [0, 0.05) is 23.2 Å². The average Bonchev–Trinajstić information content (AvgIpc) is 2.55. The van der Waals surface area contributed by atoms with Crippen LogP contribution in [0.4, 0.5) is 11.4 Å². The Kier molecular flexibility index (Phi) is 6.73. The number of anilines is 2. The summed E-state index contributed by atoms with van der Waals surface area (Å²) in [6.45, 7) is 3.68. The van der Waals surface area contributed by atoms with E-state index in [0.29, 0.717) is 5.69 Å². The van der Waals surface area contributed by atoms with Gasteiger partial charge in [-0.1, -0.05) is 39.2 Å². The molecule has 130 valence electrons. The first-order valence-electron chi connectivity index (χ1n) is 8.48. The second-order valence-electron chi connectivity index (χ2n) is 6.50. The summed E-state index contributed by atoms with van der Waals surface area (Å²) in [7, 11) is 0. The molecule has 0 aromatic heterocycles. The zero-order valence-electron chi connectivity index (χ0n) is 14.2. The zero-order valence-corrected chi connectivity index (χ0v) is 15.0. The maximum absolute atomic E-state index is 12.2. The van der Waals surface area contributed by atoms with Gasteiger partial charge in [0.05, 0.1) is 0 Å². The lowest BCUT2D eigenvalue weighted by Gasteiger charge is -2.21. The fourth-order valence-corrected chi connectivity index (χ4v) is 2.92. The van der Waals surface area contributed by atoms with Crippen molar-refractivity contribution in [2.45, 2.75) is 46.0 Å². The van der Waals surface area contributed by atoms with Crippen LogP contribution in [-0.4, -0.2) is 16.9 Å². The number of rotatable bonds is 4. The van der Waals surface area contributed by atoms with E-state index in [1.807, 2.05) is 32.0 Å². The Bertz CT molecular complexity index is 610. The fourth-order valence-electron chi connectivity index (χ4n) is 2.70. The van der Waals surface area contributed by atoms with Crippen LogP contribution in [0.25, 0.3) is 0 Å². The highest BCUT2D eigenvalue weighted by Crippen LogP contribution is 2.23. The lowest BCUT2D eigenvalue weighted by molar-refractivity contribution is -0.124. The third kappa shape index (κ3) is 5.60.